The molecule has 2 rings (SSSR count). The molecule has 0 amide bonds. The van der Waals surface area contributed by atoms with Crippen molar-refractivity contribution in [3.63, 3.8) is 0 Å². The summed E-state index contributed by atoms with van der Waals surface area (Å²) in [5, 5.41) is 0. The van der Waals surface area contributed by atoms with Crippen molar-refractivity contribution >= 4 is 25.5 Å². The van der Waals surface area contributed by atoms with Crippen LogP contribution in [0.4, 0.5) is 0 Å². The van der Waals surface area contributed by atoms with Crippen molar-refractivity contribution in [1.29, 1.82) is 0 Å². The molecule has 0 heterocycles. The zero-order valence-electron chi connectivity index (χ0n) is 9.67. The summed E-state index contributed by atoms with van der Waals surface area (Å²) in [6.07, 6.45) is 4.32. The highest BCUT2D eigenvalue weighted by Crippen LogP contribution is 2.63. The Balaban J connectivity index is 2.60. The van der Waals surface area contributed by atoms with Crippen LogP contribution >= 0.6 is 19.9 Å². The van der Waals surface area contributed by atoms with E-state index in [1.807, 2.05) is 0 Å². The third-order valence-electron chi connectivity index (χ3n) is 3.12. The van der Waals surface area contributed by atoms with Gasteiger partial charge in [0.05, 0.1) is 0 Å². The smallest absolute Gasteiger partial charge is 0.0125 e. The monoisotopic (exact) mass is 240 g/mol. The zero-order valence-corrected chi connectivity index (χ0v) is 11.2. The van der Waals surface area contributed by atoms with E-state index in [0.29, 0.717) is 5.92 Å². The maximum atomic E-state index is 6.54. The predicted octanol–water partition coefficient (Wildman–Crippen LogP) is 4.75. The first-order valence-electron chi connectivity index (χ1n) is 5.16. The Kier molecular flexibility index (Phi) is 2.64. The number of benzene rings is 1. The molecule has 0 spiro atoms. The van der Waals surface area contributed by atoms with Gasteiger partial charge >= 0.3 is 0 Å². The third-order valence-corrected chi connectivity index (χ3v) is 5.32. The second-order valence-corrected chi connectivity index (χ2v) is 9.66. The lowest BCUT2D eigenvalue weighted by Gasteiger charge is -2.28. The lowest BCUT2D eigenvalue weighted by Crippen LogP contribution is -1.98. The van der Waals surface area contributed by atoms with Gasteiger partial charge in [0.15, 0.2) is 0 Å². The van der Waals surface area contributed by atoms with Crippen LogP contribution in [0.2, 0.25) is 0 Å². The van der Waals surface area contributed by atoms with E-state index in [9.17, 15) is 0 Å². The summed E-state index contributed by atoms with van der Waals surface area (Å²) in [5.74, 6) is 0.490. The van der Waals surface area contributed by atoms with Gasteiger partial charge in [0.1, 0.15) is 0 Å². The Hall–Kier alpha value is -0.400. The Morgan fingerprint density at radius 3 is 2.33 bits per heavy atom. The molecule has 1 aromatic rings. The van der Waals surface area contributed by atoms with Crippen LogP contribution in [-0.2, 0) is 0 Å². The Labute approximate surface area is 98.2 Å². The van der Waals surface area contributed by atoms with Crippen molar-refractivity contribution in [1.82, 2.24) is 0 Å². The summed E-state index contributed by atoms with van der Waals surface area (Å²) < 4.78 is 0. The van der Waals surface area contributed by atoms with Gasteiger partial charge in [-0.3, -0.25) is 0 Å². The lowest BCUT2D eigenvalue weighted by molar-refractivity contribution is 0.973. The molecule has 0 aromatic heterocycles. The Morgan fingerprint density at radius 2 is 1.80 bits per heavy atom. The van der Waals surface area contributed by atoms with Crippen LogP contribution in [0.25, 0.3) is 5.57 Å². The number of rotatable bonds is 1. The quantitative estimate of drug-likeness (QED) is 0.665. The molecule has 0 saturated heterocycles. The van der Waals surface area contributed by atoms with E-state index < -0.39 is 9.24 Å². The average Bonchev–Trinajstić information content (AvgIpc) is 2.39. The van der Waals surface area contributed by atoms with Gasteiger partial charge in [-0.25, -0.2) is 0 Å². The molecule has 82 valence electrons. The fourth-order valence-corrected chi connectivity index (χ4v) is 5.15. The normalized spacial score (nSPS) is 21.8. The first-order chi connectivity index (χ1) is 6.93. The van der Waals surface area contributed by atoms with Gasteiger partial charge in [0.2, 0.25) is 0 Å². The fraction of sp³-hybridized carbons (Fsp3) is 0.385. The van der Waals surface area contributed by atoms with E-state index in [-0.39, 0.29) is 0 Å². The van der Waals surface area contributed by atoms with E-state index in [1.54, 1.807) is 0 Å². The van der Waals surface area contributed by atoms with Crippen LogP contribution in [0.15, 0.2) is 29.2 Å². The molecule has 2 heteroatoms. The number of halogens is 1. The van der Waals surface area contributed by atoms with E-state index in [4.69, 9.17) is 10.7 Å². The van der Waals surface area contributed by atoms with E-state index in [1.165, 1.54) is 21.6 Å². The maximum absolute atomic E-state index is 6.54. The SMILES string of the molecule is CC1=C(S(C)(C)Cl)C(C)c2ccccc21. The molecular weight excluding hydrogens is 224 g/mol. The molecular formula is C13H17ClS. The molecule has 0 N–H and O–H groups in total. The first-order valence-corrected chi connectivity index (χ1v) is 8.43. The van der Waals surface area contributed by atoms with Crippen molar-refractivity contribution in [3.05, 3.63) is 40.3 Å². The fourth-order valence-electron chi connectivity index (χ4n) is 2.60. The minimum atomic E-state index is -1.12. The maximum Gasteiger partial charge on any atom is 0.0125 e. The Morgan fingerprint density at radius 1 is 1.20 bits per heavy atom. The van der Waals surface area contributed by atoms with Gasteiger partial charge in [-0.05, 0) is 41.0 Å². The van der Waals surface area contributed by atoms with Crippen molar-refractivity contribution in [2.24, 2.45) is 0 Å². The van der Waals surface area contributed by atoms with Crippen LogP contribution in [-0.4, -0.2) is 12.5 Å². The molecule has 15 heavy (non-hydrogen) atoms. The van der Waals surface area contributed by atoms with E-state index in [2.05, 4.69) is 50.6 Å². The molecule has 1 unspecified atom stereocenters. The molecule has 0 bridgehead atoms. The second-order valence-electron chi connectivity index (χ2n) is 4.50. The van der Waals surface area contributed by atoms with E-state index >= 15 is 0 Å². The first kappa shape index (κ1) is 11.1. The van der Waals surface area contributed by atoms with Crippen LogP contribution < -0.4 is 0 Å². The minimum absolute atomic E-state index is 0.490. The number of fused-ring (bicyclic) bond motifs is 1. The predicted molar refractivity (Wildman–Crippen MR) is 72.7 cm³/mol. The third kappa shape index (κ3) is 1.72. The summed E-state index contributed by atoms with van der Waals surface area (Å²) in [6.45, 7) is 4.47. The molecule has 1 aromatic carbocycles. The van der Waals surface area contributed by atoms with Crippen LogP contribution in [0.1, 0.15) is 30.9 Å². The van der Waals surface area contributed by atoms with Crippen molar-refractivity contribution in [3.8, 4) is 0 Å². The van der Waals surface area contributed by atoms with Crippen LogP contribution in [0.3, 0.4) is 0 Å². The van der Waals surface area contributed by atoms with Crippen LogP contribution in [0, 0.1) is 0 Å². The molecule has 0 saturated carbocycles. The molecule has 1 aliphatic carbocycles. The minimum Gasteiger partial charge on any atom is -0.145 e. The van der Waals surface area contributed by atoms with Crippen molar-refractivity contribution < 1.29 is 0 Å². The largest absolute Gasteiger partial charge is 0.145 e. The summed E-state index contributed by atoms with van der Waals surface area (Å²) in [6, 6.07) is 8.64. The van der Waals surface area contributed by atoms with Crippen molar-refractivity contribution in [2.45, 2.75) is 19.8 Å². The Bertz CT molecular complexity index is 426. The lowest BCUT2D eigenvalue weighted by atomic mass is 10.0. The molecule has 0 aliphatic heterocycles. The summed E-state index contributed by atoms with van der Waals surface area (Å²) >= 11 is 0. The second kappa shape index (κ2) is 3.57. The van der Waals surface area contributed by atoms with Gasteiger partial charge in [-0.15, -0.1) is 9.24 Å². The number of hydrogen-bond acceptors (Lipinski definition) is 0. The van der Waals surface area contributed by atoms with Gasteiger partial charge in [-0.1, -0.05) is 41.9 Å². The van der Waals surface area contributed by atoms with Gasteiger partial charge in [0, 0.05) is 5.92 Å². The molecule has 1 atom stereocenters. The number of hydrogen-bond donors (Lipinski definition) is 0. The zero-order chi connectivity index (χ0) is 11.2. The van der Waals surface area contributed by atoms with Crippen molar-refractivity contribution in [2.75, 3.05) is 12.5 Å². The molecule has 0 fully saturated rings. The summed E-state index contributed by atoms with van der Waals surface area (Å²) in [5.41, 5.74) is 4.22. The van der Waals surface area contributed by atoms with Gasteiger partial charge in [0.25, 0.3) is 0 Å². The average molecular weight is 241 g/mol. The molecule has 0 nitrogen and oxygen atoms in total. The molecule has 1 aliphatic rings. The van der Waals surface area contributed by atoms with Gasteiger partial charge < -0.3 is 0 Å². The standard InChI is InChI=1S/C13H17ClS/c1-9-11-7-5-6-8-12(11)10(2)13(9)15(3,4)14/h5-9H,1-4H3. The van der Waals surface area contributed by atoms with Gasteiger partial charge in [-0.2, -0.15) is 0 Å². The summed E-state index contributed by atoms with van der Waals surface area (Å²) in [4.78, 5) is 1.45. The highest BCUT2D eigenvalue weighted by Gasteiger charge is 2.31. The number of allylic oxidation sites excluding steroid dienone is 2. The van der Waals surface area contributed by atoms with Crippen LogP contribution in [0.5, 0.6) is 0 Å². The molecule has 0 radical (unpaired) electrons. The van der Waals surface area contributed by atoms with E-state index in [0.717, 1.165) is 0 Å². The topological polar surface area (TPSA) is 0 Å². The summed E-state index contributed by atoms with van der Waals surface area (Å²) in [7, 11) is 5.43. The highest BCUT2D eigenvalue weighted by atomic mass is 35.7. The highest BCUT2D eigenvalue weighted by molar-refractivity contribution is 8.53.